The topological polar surface area (TPSA) is 138 Å². The highest BCUT2D eigenvalue weighted by Crippen LogP contribution is 2.50. The van der Waals surface area contributed by atoms with Gasteiger partial charge in [0.1, 0.15) is 18.3 Å². The Bertz CT molecular complexity index is 932. The monoisotopic (exact) mass is 414 g/mol. The highest BCUT2D eigenvalue weighted by Gasteiger charge is 2.45. The zero-order valence-electron chi connectivity index (χ0n) is 15.7. The van der Waals surface area contributed by atoms with Crippen LogP contribution in [-0.4, -0.2) is 63.3 Å². The third-order valence-electron chi connectivity index (χ3n) is 4.24. The van der Waals surface area contributed by atoms with Crippen molar-refractivity contribution in [3.63, 3.8) is 0 Å². The molecule has 28 heavy (non-hydrogen) atoms. The van der Waals surface area contributed by atoms with Crippen LogP contribution in [0.25, 0.3) is 11.2 Å². The summed E-state index contributed by atoms with van der Waals surface area (Å²) >= 11 is 0. The Labute approximate surface area is 160 Å². The maximum Gasteiger partial charge on any atom is 0.353 e. The number of ether oxygens (including phenoxy) is 2. The van der Waals surface area contributed by atoms with Crippen molar-refractivity contribution in [2.45, 2.75) is 38.4 Å². The normalized spacial score (nSPS) is 25.9. The molecule has 0 aliphatic carbocycles. The van der Waals surface area contributed by atoms with E-state index in [0.29, 0.717) is 5.65 Å². The first-order valence-electron chi connectivity index (χ1n) is 8.78. The molecule has 0 bridgehead atoms. The number of methoxy groups -OCH3 is 1. The number of aromatic amines is 1. The van der Waals surface area contributed by atoms with Crippen LogP contribution in [0.15, 0.2) is 29.3 Å². The third kappa shape index (κ3) is 3.95. The number of hydrogen-bond donors (Lipinski definition) is 2. The van der Waals surface area contributed by atoms with Crippen LogP contribution < -0.4 is 5.56 Å². The predicted molar refractivity (Wildman–Crippen MR) is 98.9 cm³/mol. The number of aliphatic hydroxyl groups is 1. The van der Waals surface area contributed by atoms with E-state index in [0.717, 1.165) is 0 Å². The molecule has 1 aliphatic heterocycles. The maximum atomic E-state index is 12.6. The maximum absolute atomic E-state index is 12.6. The van der Waals surface area contributed by atoms with Crippen molar-refractivity contribution in [2.24, 2.45) is 0 Å². The molecular formula is C16H23N4O7P. The van der Waals surface area contributed by atoms with Gasteiger partial charge in [-0.05, 0) is 19.9 Å². The lowest BCUT2D eigenvalue weighted by Crippen LogP contribution is -2.32. The number of aliphatic hydroxyl groups excluding tert-OH is 1. The van der Waals surface area contributed by atoms with E-state index in [4.69, 9.17) is 18.5 Å². The fourth-order valence-corrected chi connectivity index (χ4v) is 4.38. The van der Waals surface area contributed by atoms with E-state index in [9.17, 15) is 14.5 Å². The molecule has 0 radical (unpaired) electrons. The lowest BCUT2D eigenvalue weighted by atomic mass is 10.1. The number of H-pyrrole nitrogens is 1. The van der Waals surface area contributed by atoms with Crippen molar-refractivity contribution in [2.75, 3.05) is 20.3 Å². The molecule has 11 nitrogen and oxygen atoms in total. The second-order valence-electron chi connectivity index (χ2n) is 5.95. The quantitative estimate of drug-likeness (QED) is 0.610. The Balaban J connectivity index is 1.89. The Kier molecular flexibility index (Phi) is 6.43. The predicted octanol–water partition coefficient (Wildman–Crippen LogP) is 1.17. The zero-order valence-corrected chi connectivity index (χ0v) is 16.6. The summed E-state index contributed by atoms with van der Waals surface area (Å²) in [6.07, 6.45) is 0.606. The van der Waals surface area contributed by atoms with Crippen molar-refractivity contribution in [1.82, 2.24) is 19.5 Å². The van der Waals surface area contributed by atoms with Crippen LogP contribution in [0, 0.1) is 0 Å². The Hall–Kier alpha value is -1.88. The smallest absolute Gasteiger partial charge is 0.353 e. The van der Waals surface area contributed by atoms with Crippen molar-refractivity contribution in [3.05, 3.63) is 34.9 Å². The number of rotatable bonds is 8. The van der Waals surface area contributed by atoms with E-state index < -0.39 is 32.1 Å². The number of nitrogens with zero attached hydrogens (tertiary/aromatic N) is 3. The first-order chi connectivity index (χ1) is 13.4. The first kappa shape index (κ1) is 20.8. The van der Waals surface area contributed by atoms with Gasteiger partial charge in [-0.1, -0.05) is 0 Å². The van der Waals surface area contributed by atoms with Gasteiger partial charge < -0.3 is 28.6 Å². The van der Waals surface area contributed by atoms with Crippen LogP contribution in [0.4, 0.5) is 0 Å². The second-order valence-corrected chi connectivity index (χ2v) is 7.85. The van der Waals surface area contributed by atoms with E-state index in [-0.39, 0.29) is 24.3 Å². The Morgan fingerprint density at radius 2 is 2.07 bits per heavy atom. The molecule has 154 valence electrons. The SMILES string of the molecule is CCOP(=O)(/C=C/[C@H]1O[C@@H](n2cnc3c(=O)[nH]cnc32)[C@H](OC)[C@@H]1O)OCC. The van der Waals surface area contributed by atoms with E-state index >= 15 is 0 Å². The third-order valence-corrected chi connectivity index (χ3v) is 6.01. The molecule has 0 aromatic carbocycles. The van der Waals surface area contributed by atoms with Gasteiger partial charge in [-0.3, -0.25) is 13.9 Å². The average Bonchev–Trinajstić information content (AvgIpc) is 3.22. The van der Waals surface area contributed by atoms with Crippen LogP contribution in [0.2, 0.25) is 0 Å². The summed E-state index contributed by atoms with van der Waals surface area (Å²) in [6.45, 7) is 3.83. The van der Waals surface area contributed by atoms with Gasteiger partial charge in [-0.2, -0.15) is 0 Å². The van der Waals surface area contributed by atoms with Crippen LogP contribution >= 0.6 is 7.60 Å². The summed E-state index contributed by atoms with van der Waals surface area (Å²) in [5.41, 5.74) is 0.0515. The first-order valence-corrected chi connectivity index (χ1v) is 10.4. The molecule has 2 aromatic heterocycles. The molecular weight excluding hydrogens is 391 g/mol. The number of fused-ring (bicyclic) bond motifs is 1. The summed E-state index contributed by atoms with van der Waals surface area (Å²) in [5, 5.41) is 10.6. The minimum absolute atomic E-state index is 0.145. The summed E-state index contributed by atoms with van der Waals surface area (Å²) in [6, 6.07) is 0. The summed E-state index contributed by atoms with van der Waals surface area (Å²) < 4.78 is 35.8. The van der Waals surface area contributed by atoms with Crippen molar-refractivity contribution < 1.29 is 28.2 Å². The zero-order chi connectivity index (χ0) is 20.3. The van der Waals surface area contributed by atoms with Crippen molar-refractivity contribution >= 4 is 18.8 Å². The minimum atomic E-state index is -3.44. The van der Waals surface area contributed by atoms with E-state index in [2.05, 4.69) is 15.0 Å². The fraction of sp³-hybridized carbons (Fsp3) is 0.562. The van der Waals surface area contributed by atoms with Crippen molar-refractivity contribution in [1.29, 1.82) is 0 Å². The van der Waals surface area contributed by atoms with Crippen molar-refractivity contribution in [3.8, 4) is 0 Å². The van der Waals surface area contributed by atoms with Gasteiger partial charge in [0.2, 0.25) is 0 Å². The Morgan fingerprint density at radius 1 is 1.36 bits per heavy atom. The molecule has 0 spiro atoms. The Morgan fingerprint density at radius 3 is 2.71 bits per heavy atom. The molecule has 1 aliphatic rings. The van der Waals surface area contributed by atoms with E-state index in [1.807, 2.05) is 0 Å². The highest BCUT2D eigenvalue weighted by molar-refractivity contribution is 7.57. The molecule has 4 atom stereocenters. The molecule has 0 amide bonds. The van der Waals surface area contributed by atoms with Gasteiger partial charge in [0, 0.05) is 12.9 Å². The van der Waals surface area contributed by atoms with Gasteiger partial charge in [-0.25, -0.2) is 9.97 Å². The second kappa shape index (κ2) is 8.64. The van der Waals surface area contributed by atoms with Crippen LogP contribution in [0.5, 0.6) is 0 Å². The molecule has 0 saturated carbocycles. The number of hydrogen-bond acceptors (Lipinski definition) is 9. The largest absolute Gasteiger partial charge is 0.387 e. The molecule has 0 unspecified atom stereocenters. The minimum Gasteiger partial charge on any atom is -0.387 e. The van der Waals surface area contributed by atoms with Gasteiger partial charge in [0.15, 0.2) is 17.4 Å². The molecule has 2 N–H and O–H groups in total. The van der Waals surface area contributed by atoms with E-state index in [1.54, 1.807) is 13.8 Å². The lowest BCUT2D eigenvalue weighted by molar-refractivity contribution is -0.0449. The standard InChI is InChI=1S/C16H23N4O7P/c1-4-25-28(23,26-5-2)7-6-10-12(21)13(24-3)16(27-10)20-9-19-11-14(20)17-8-18-15(11)22/h6-10,12-13,16,21H,4-5H2,1-3H3,(H,17,18,22)/b7-6+/t10-,12-,13-,16-/m1/s1. The molecule has 2 aromatic rings. The number of nitrogens with one attached hydrogen (secondary N) is 1. The molecule has 12 heteroatoms. The van der Waals surface area contributed by atoms with Gasteiger partial charge in [-0.15, -0.1) is 0 Å². The molecule has 3 rings (SSSR count). The van der Waals surface area contributed by atoms with Crippen LogP contribution in [0.1, 0.15) is 20.1 Å². The molecule has 1 fully saturated rings. The van der Waals surface area contributed by atoms with Gasteiger partial charge in [0.05, 0.1) is 25.9 Å². The highest BCUT2D eigenvalue weighted by atomic mass is 31.2. The van der Waals surface area contributed by atoms with E-state index in [1.165, 1.54) is 36.2 Å². The molecule has 1 saturated heterocycles. The van der Waals surface area contributed by atoms with Crippen LogP contribution in [0.3, 0.4) is 0 Å². The number of imidazole rings is 1. The molecule has 3 heterocycles. The summed E-state index contributed by atoms with van der Waals surface area (Å²) in [5.74, 6) is 1.28. The fourth-order valence-electron chi connectivity index (χ4n) is 3.04. The number of aromatic nitrogens is 4. The summed E-state index contributed by atoms with van der Waals surface area (Å²) in [7, 11) is -2.01. The van der Waals surface area contributed by atoms with Gasteiger partial charge >= 0.3 is 7.60 Å². The average molecular weight is 414 g/mol. The van der Waals surface area contributed by atoms with Crippen LogP contribution in [-0.2, 0) is 23.1 Å². The van der Waals surface area contributed by atoms with Gasteiger partial charge in [0.25, 0.3) is 5.56 Å². The lowest BCUT2D eigenvalue weighted by Gasteiger charge is -2.19. The summed E-state index contributed by atoms with van der Waals surface area (Å²) in [4.78, 5) is 22.5.